The molecule has 0 bridgehead atoms. The Kier molecular flexibility index (Phi) is 13.0. The molecule has 266 valence electrons. The number of hydrogen-bond acceptors (Lipinski definition) is 5. The molecule has 1 saturated carbocycles. The van der Waals surface area contributed by atoms with Crippen molar-refractivity contribution in [1.29, 1.82) is 0 Å². The van der Waals surface area contributed by atoms with Gasteiger partial charge in [0.05, 0.1) is 0 Å². The summed E-state index contributed by atoms with van der Waals surface area (Å²) in [6.07, 6.45) is 10.9. The summed E-state index contributed by atoms with van der Waals surface area (Å²) in [4.78, 5) is 47.6. The van der Waals surface area contributed by atoms with Crippen molar-refractivity contribution in [2.24, 2.45) is 5.73 Å². The summed E-state index contributed by atoms with van der Waals surface area (Å²) in [6.45, 7) is 4.85. The highest BCUT2D eigenvalue weighted by Crippen LogP contribution is 2.32. The van der Waals surface area contributed by atoms with Gasteiger partial charge in [0.25, 0.3) is 0 Å². The topological polar surface area (TPSA) is 99.0 Å². The molecule has 0 radical (unpaired) electrons. The molecular formula is C42H55N5O3. The van der Waals surface area contributed by atoms with Gasteiger partial charge in [-0.25, -0.2) is 0 Å². The third-order valence-electron chi connectivity index (χ3n) is 10.8. The van der Waals surface area contributed by atoms with Crippen molar-refractivity contribution >= 4 is 17.7 Å². The molecule has 8 nitrogen and oxygen atoms in total. The molecular weight excluding hydrogens is 622 g/mol. The molecule has 8 heteroatoms. The van der Waals surface area contributed by atoms with Crippen molar-refractivity contribution in [3.8, 4) is 11.1 Å². The van der Waals surface area contributed by atoms with Crippen LogP contribution in [0.25, 0.3) is 11.1 Å². The molecule has 3 N–H and O–H groups in total. The lowest BCUT2D eigenvalue weighted by Gasteiger charge is -2.37. The molecule has 3 atom stereocenters. The van der Waals surface area contributed by atoms with Crippen LogP contribution in [-0.2, 0) is 27.2 Å². The molecule has 1 heterocycles. The Morgan fingerprint density at radius 3 is 2.12 bits per heavy atom. The highest BCUT2D eigenvalue weighted by Gasteiger charge is 2.35. The zero-order chi connectivity index (χ0) is 35.5. The minimum atomic E-state index is -0.821. The Bertz CT molecular complexity index is 1570. The van der Waals surface area contributed by atoms with E-state index in [2.05, 4.69) is 29.3 Å². The summed E-state index contributed by atoms with van der Waals surface area (Å²) >= 11 is 0. The number of rotatable bonds is 16. The fourth-order valence-corrected chi connectivity index (χ4v) is 7.33. The van der Waals surface area contributed by atoms with Crippen molar-refractivity contribution in [3.05, 3.63) is 108 Å². The quantitative estimate of drug-likeness (QED) is 0.192. The third kappa shape index (κ3) is 9.70. The second kappa shape index (κ2) is 17.6. The standard InChI is InChI=1S/C42H55N5O3/c1-4-47-29-12-18-36(47)24-28-44-40(49)37(30-32-14-7-5-8-15-32)46(3)41(50)38(45(2)39(48)19-11-25-42(43)26-13-27-42)31-33-20-22-35(23-21-33)34-16-9-6-10-17-34/h5-11,14-17,19-23,36-38H,4,12-13,18,24-31,43H2,1-3H3,(H,44,49)/b19-11+/t36?,37-,38-/m1/s1. The van der Waals surface area contributed by atoms with Gasteiger partial charge in [-0.15, -0.1) is 0 Å². The predicted octanol–water partition coefficient (Wildman–Crippen LogP) is 5.61. The van der Waals surface area contributed by atoms with Gasteiger partial charge in [-0.3, -0.25) is 14.4 Å². The Morgan fingerprint density at radius 2 is 1.48 bits per heavy atom. The van der Waals surface area contributed by atoms with Crippen LogP contribution in [0.3, 0.4) is 0 Å². The third-order valence-corrected chi connectivity index (χ3v) is 10.8. The SMILES string of the molecule is CCN1CCCC1CCNC(=O)[C@@H](Cc1ccccc1)N(C)C(=O)[C@@H](Cc1ccc(-c2ccccc2)cc1)N(C)C(=O)/C=C/CC1(N)CCC1. The van der Waals surface area contributed by atoms with E-state index < -0.39 is 12.1 Å². The molecule has 0 aromatic heterocycles. The molecule has 0 spiro atoms. The fraction of sp³-hybridized carbons (Fsp3) is 0.452. The number of benzene rings is 3. The lowest BCUT2D eigenvalue weighted by Crippen LogP contribution is -2.56. The van der Waals surface area contributed by atoms with E-state index >= 15 is 0 Å². The monoisotopic (exact) mass is 677 g/mol. The molecule has 3 aromatic rings. The maximum Gasteiger partial charge on any atom is 0.246 e. The van der Waals surface area contributed by atoms with E-state index in [9.17, 15) is 14.4 Å². The van der Waals surface area contributed by atoms with Gasteiger partial charge < -0.3 is 25.8 Å². The summed E-state index contributed by atoms with van der Waals surface area (Å²) in [6, 6.07) is 27.0. The number of hydrogen-bond donors (Lipinski definition) is 2. The average Bonchev–Trinajstić information content (AvgIpc) is 3.59. The van der Waals surface area contributed by atoms with Crippen LogP contribution in [-0.4, -0.2) is 89.8 Å². The summed E-state index contributed by atoms with van der Waals surface area (Å²) in [5.41, 5.74) is 10.2. The number of carbonyl (C=O) groups is 3. The average molecular weight is 678 g/mol. The van der Waals surface area contributed by atoms with E-state index in [1.807, 2.05) is 78.9 Å². The summed E-state index contributed by atoms with van der Waals surface area (Å²) in [5, 5.41) is 3.16. The van der Waals surface area contributed by atoms with Crippen LogP contribution in [0, 0.1) is 0 Å². The second-order valence-corrected chi connectivity index (χ2v) is 14.2. The van der Waals surface area contributed by atoms with Crippen LogP contribution in [0.1, 0.15) is 63.0 Å². The highest BCUT2D eigenvalue weighted by molar-refractivity contribution is 5.95. The number of amides is 3. The molecule has 1 aliphatic heterocycles. The molecule has 1 saturated heterocycles. The highest BCUT2D eigenvalue weighted by atomic mass is 16.2. The number of carbonyl (C=O) groups excluding carboxylic acids is 3. The number of likely N-dealkylation sites (N-methyl/N-ethyl adjacent to an activating group) is 2. The van der Waals surface area contributed by atoms with E-state index in [1.165, 1.54) is 11.3 Å². The van der Waals surface area contributed by atoms with Gasteiger partial charge in [0.15, 0.2) is 0 Å². The molecule has 2 fully saturated rings. The summed E-state index contributed by atoms with van der Waals surface area (Å²) < 4.78 is 0. The Labute approximate surface area is 298 Å². The Morgan fingerprint density at radius 1 is 0.860 bits per heavy atom. The Balaban J connectivity index is 1.36. The van der Waals surface area contributed by atoms with Crippen LogP contribution in [0.2, 0.25) is 0 Å². The maximum absolute atomic E-state index is 14.6. The van der Waals surface area contributed by atoms with Gasteiger partial charge in [-0.1, -0.05) is 97.9 Å². The van der Waals surface area contributed by atoms with Crippen molar-refractivity contribution < 1.29 is 14.4 Å². The second-order valence-electron chi connectivity index (χ2n) is 14.2. The first-order valence-corrected chi connectivity index (χ1v) is 18.4. The number of nitrogens with zero attached hydrogens (tertiary/aromatic N) is 3. The number of nitrogens with two attached hydrogens (primary N) is 1. The zero-order valence-corrected chi connectivity index (χ0v) is 30.1. The zero-order valence-electron chi connectivity index (χ0n) is 30.1. The number of likely N-dealkylation sites (tertiary alicyclic amines) is 1. The van der Waals surface area contributed by atoms with Crippen LogP contribution in [0.15, 0.2) is 97.1 Å². The van der Waals surface area contributed by atoms with Gasteiger partial charge in [-0.2, -0.15) is 0 Å². The maximum atomic E-state index is 14.6. The first-order valence-electron chi connectivity index (χ1n) is 18.4. The van der Waals surface area contributed by atoms with Gasteiger partial charge in [0, 0.05) is 45.1 Å². The van der Waals surface area contributed by atoms with Gasteiger partial charge in [-0.05, 0) is 86.4 Å². The van der Waals surface area contributed by atoms with E-state index in [0.29, 0.717) is 31.8 Å². The largest absolute Gasteiger partial charge is 0.354 e. The lowest BCUT2D eigenvalue weighted by atomic mass is 9.75. The molecule has 3 aromatic carbocycles. The van der Waals surface area contributed by atoms with Crippen LogP contribution >= 0.6 is 0 Å². The van der Waals surface area contributed by atoms with E-state index in [0.717, 1.165) is 67.4 Å². The normalized spacial score (nSPS) is 18.3. The lowest BCUT2D eigenvalue weighted by molar-refractivity contribution is -0.146. The molecule has 50 heavy (non-hydrogen) atoms. The van der Waals surface area contributed by atoms with Crippen molar-refractivity contribution in [2.75, 3.05) is 33.7 Å². The molecule has 2 aliphatic rings. The van der Waals surface area contributed by atoms with Crippen LogP contribution in [0.5, 0.6) is 0 Å². The minimum absolute atomic E-state index is 0.181. The fourth-order valence-electron chi connectivity index (χ4n) is 7.33. The Hall–Kier alpha value is -4.27. The van der Waals surface area contributed by atoms with Crippen LogP contribution < -0.4 is 11.1 Å². The van der Waals surface area contributed by atoms with E-state index in [1.54, 1.807) is 25.1 Å². The molecule has 5 rings (SSSR count). The number of nitrogens with one attached hydrogen (secondary N) is 1. The molecule has 1 aliphatic carbocycles. The van der Waals surface area contributed by atoms with Crippen molar-refractivity contribution in [1.82, 2.24) is 20.0 Å². The summed E-state index contributed by atoms with van der Waals surface area (Å²) in [5.74, 6) is -0.722. The van der Waals surface area contributed by atoms with Gasteiger partial charge >= 0.3 is 0 Å². The first-order chi connectivity index (χ1) is 24.2. The van der Waals surface area contributed by atoms with Crippen LogP contribution in [0.4, 0.5) is 0 Å². The minimum Gasteiger partial charge on any atom is -0.354 e. The summed E-state index contributed by atoms with van der Waals surface area (Å²) in [7, 11) is 3.37. The van der Waals surface area contributed by atoms with E-state index in [-0.39, 0.29) is 23.3 Å². The predicted molar refractivity (Wildman–Crippen MR) is 201 cm³/mol. The van der Waals surface area contributed by atoms with Gasteiger partial charge in [0.2, 0.25) is 17.7 Å². The molecule has 3 amide bonds. The van der Waals surface area contributed by atoms with Crippen molar-refractivity contribution in [3.63, 3.8) is 0 Å². The van der Waals surface area contributed by atoms with Crippen molar-refractivity contribution in [2.45, 2.75) is 88.4 Å². The first kappa shape index (κ1) is 37.0. The molecule has 1 unspecified atom stereocenters. The smallest absolute Gasteiger partial charge is 0.246 e. The van der Waals surface area contributed by atoms with Gasteiger partial charge in [0.1, 0.15) is 12.1 Å². The van der Waals surface area contributed by atoms with E-state index in [4.69, 9.17) is 5.73 Å².